The second kappa shape index (κ2) is 5.99. The summed E-state index contributed by atoms with van der Waals surface area (Å²) in [7, 11) is 0. The molecular weight excluding hydrogens is 252 g/mol. The molecule has 0 atom stereocenters. The summed E-state index contributed by atoms with van der Waals surface area (Å²) in [5.41, 5.74) is 7.06. The van der Waals surface area contributed by atoms with Crippen LogP contribution in [0.2, 0.25) is 0 Å². The molecule has 0 radical (unpaired) electrons. The van der Waals surface area contributed by atoms with Crippen molar-refractivity contribution in [2.24, 2.45) is 11.8 Å². The third kappa shape index (κ3) is 2.70. The highest BCUT2D eigenvalue weighted by molar-refractivity contribution is 5.37. The molecule has 0 amide bonds. The Morgan fingerprint density at radius 2 is 0.810 bits per heavy atom. The number of hydrogen-bond donors (Lipinski definition) is 0. The second-order valence-corrected chi connectivity index (χ2v) is 7.42. The van der Waals surface area contributed by atoms with E-state index in [9.17, 15) is 0 Å². The lowest BCUT2D eigenvalue weighted by Crippen LogP contribution is -2.06. The van der Waals surface area contributed by atoms with Crippen LogP contribution in [0.3, 0.4) is 0 Å². The van der Waals surface area contributed by atoms with Gasteiger partial charge in [-0.25, -0.2) is 0 Å². The predicted molar refractivity (Wildman–Crippen MR) is 90.1 cm³/mol. The number of rotatable bonds is 0. The largest absolute Gasteiger partial charge is 0.0630 e. The van der Waals surface area contributed by atoms with Crippen molar-refractivity contribution < 1.29 is 0 Å². The van der Waals surface area contributed by atoms with Crippen molar-refractivity contribution in [1.82, 2.24) is 0 Å². The average Bonchev–Trinajstić information content (AvgIpc) is 3.03. The molecule has 0 heterocycles. The van der Waals surface area contributed by atoms with Gasteiger partial charge in [-0.05, 0) is 64.2 Å². The van der Waals surface area contributed by atoms with Crippen LogP contribution in [0.15, 0.2) is 46.6 Å². The molecule has 0 aromatic rings. The Morgan fingerprint density at radius 1 is 0.476 bits per heavy atom. The number of allylic oxidation sites excluding steroid dienone is 8. The molecule has 0 N–H and O–H groups in total. The Bertz CT molecular complexity index is 434. The molecule has 2 saturated carbocycles. The maximum Gasteiger partial charge on any atom is 0.00132 e. The van der Waals surface area contributed by atoms with E-state index in [2.05, 4.69) is 24.3 Å². The van der Waals surface area contributed by atoms with Gasteiger partial charge in [0.05, 0.1) is 0 Å². The van der Waals surface area contributed by atoms with E-state index < -0.39 is 0 Å². The van der Waals surface area contributed by atoms with Gasteiger partial charge in [0.25, 0.3) is 0 Å². The van der Waals surface area contributed by atoms with E-state index in [0.29, 0.717) is 0 Å². The molecule has 0 unspecified atom stereocenters. The van der Waals surface area contributed by atoms with Gasteiger partial charge in [0.2, 0.25) is 0 Å². The third-order valence-corrected chi connectivity index (χ3v) is 6.16. The monoisotopic (exact) mass is 280 g/mol. The number of hydrogen-bond acceptors (Lipinski definition) is 0. The molecule has 4 rings (SSSR count). The quantitative estimate of drug-likeness (QED) is 0.490. The van der Waals surface area contributed by atoms with E-state index in [1.165, 1.54) is 70.6 Å². The van der Waals surface area contributed by atoms with Crippen LogP contribution in [0.5, 0.6) is 0 Å². The van der Waals surface area contributed by atoms with E-state index in [4.69, 9.17) is 0 Å². The molecule has 112 valence electrons. The van der Waals surface area contributed by atoms with Crippen molar-refractivity contribution in [3.8, 4) is 0 Å². The first kappa shape index (κ1) is 13.6. The highest BCUT2D eigenvalue weighted by atomic mass is 14.3. The topological polar surface area (TPSA) is 0 Å². The van der Waals surface area contributed by atoms with Crippen molar-refractivity contribution in [3.05, 3.63) is 46.6 Å². The van der Waals surface area contributed by atoms with Crippen LogP contribution < -0.4 is 0 Å². The van der Waals surface area contributed by atoms with Gasteiger partial charge < -0.3 is 0 Å². The molecule has 0 aromatic carbocycles. The SMILES string of the molecule is C1=C2CCCCC3=CC=C4CCCCC(=C1)C2CCCC34. The van der Waals surface area contributed by atoms with Crippen LogP contribution in [0.25, 0.3) is 0 Å². The lowest BCUT2D eigenvalue weighted by Gasteiger charge is -2.20. The van der Waals surface area contributed by atoms with Crippen molar-refractivity contribution in [3.63, 3.8) is 0 Å². The molecule has 0 aliphatic heterocycles. The summed E-state index contributed by atoms with van der Waals surface area (Å²) >= 11 is 0. The summed E-state index contributed by atoms with van der Waals surface area (Å²) in [5, 5.41) is 0. The molecule has 4 aliphatic carbocycles. The molecule has 2 fully saturated rings. The van der Waals surface area contributed by atoms with Crippen molar-refractivity contribution in [2.45, 2.75) is 70.6 Å². The summed E-state index contributed by atoms with van der Waals surface area (Å²) in [6.07, 6.45) is 25.1. The maximum absolute atomic E-state index is 2.48. The van der Waals surface area contributed by atoms with E-state index >= 15 is 0 Å². The van der Waals surface area contributed by atoms with Crippen LogP contribution in [0.4, 0.5) is 0 Å². The maximum atomic E-state index is 2.48. The minimum atomic E-state index is 0.822. The summed E-state index contributed by atoms with van der Waals surface area (Å²) in [6.45, 7) is 0. The Labute approximate surface area is 129 Å². The van der Waals surface area contributed by atoms with Gasteiger partial charge in [-0.2, -0.15) is 0 Å². The summed E-state index contributed by atoms with van der Waals surface area (Å²) < 4.78 is 0. The van der Waals surface area contributed by atoms with Crippen molar-refractivity contribution in [2.75, 3.05) is 0 Å². The lowest BCUT2D eigenvalue weighted by atomic mass is 9.85. The zero-order chi connectivity index (χ0) is 14.1. The fourth-order valence-corrected chi connectivity index (χ4v) is 4.98. The van der Waals surface area contributed by atoms with Crippen molar-refractivity contribution >= 4 is 0 Å². The molecule has 0 spiro atoms. The molecule has 4 aliphatic rings. The molecule has 0 saturated heterocycles. The van der Waals surface area contributed by atoms with E-state index in [1.807, 2.05) is 0 Å². The van der Waals surface area contributed by atoms with Crippen LogP contribution >= 0.6 is 0 Å². The first-order chi connectivity index (χ1) is 10.4. The lowest BCUT2D eigenvalue weighted by molar-refractivity contribution is 0.522. The minimum absolute atomic E-state index is 0.822. The summed E-state index contributed by atoms with van der Waals surface area (Å²) in [4.78, 5) is 0. The minimum Gasteiger partial charge on any atom is -0.0630 e. The first-order valence-electron chi connectivity index (χ1n) is 9.21. The van der Waals surface area contributed by atoms with Gasteiger partial charge in [0.15, 0.2) is 0 Å². The van der Waals surface area contributed by atoms with Crippen LogP contribution in [0.1, 0.15) is 70.6 Å². The predicted octanol–water partition coefficient (Wildman–Crippen LogP) is 6.27. The van der Waals surface area contributed by atoms with E-state index in [-0.39, 0.29) is 0 Å². The molecular formula is C21H28. The van der Waals surface area contributed by atoms with Gasteiger partial charge in [-0.15, -0.1) is 0 Å². The second-order valence-electron chi connectivity index (χ2n) is 7.42. The highest BCUT2D eigenvalue weighted by Gasteiger charge is 2.27. The highest BCUT2D eigenvalue weighted by Crippen LogP contribution is 2.43. The van der Waals surface area contributed by atoms with Crippen molar-refractivity contribution in [1.29, 1.82) is 0 Å². The molecule has 0 aromatic heterocycles. The standard InChI is InChI=1S/C21H28/c1-2-7-17-14-15-19-9-4-3-8-18-13-12-16(6-1)20(18)10-5-11-21(17)19/h12-15,20-21H,1-11H2. The Morgan fingerprint density at radius 3 is 1.14 bits per heavy atom. The van der Waals surface area contributed by atoms with E-state index in [0.717, 1.165) is 11.8 Å². The number of fused-ring (bicyclic) bond motifs is 2. The van der Waals surface area contributed by atoms with E-state index in [1.54, 1.807) is 22.3 Å². The van der Waals surface area contributed by atoms with Crippen LogP contribution in [-0.4, -0.2) is 0 Å². The Balaban J connectivity index is 1.62. The Kier molecular flexibility index (Phi) is 3.88. The normalized spacial score (nSPS) is 32.8. The molecule has 0 nitrogen and oxygen atoms in total. The zero-order valence-corrected chi connectivity index (χ0v) is 13.2. The van der Waals surface area contributed by atoms with Gasteiger partial charge in [-0.3, -0.25) is 0 Å². The molecule has 2 bridgehead atoms. The van der Waals surface area contributed by atoms with Gasteiger partial charge in [0, 0.05) is 11.8 Å². The smallest absolute Gasteiger partial charge is 0.00132 e. The van der Waals surface area contributed by atoms with Gasteiger partial charge in [-0.1, -0.05) is 53.0 Å². The Hall–Kier alpha value is -1.04. The van der Waals surface area contributed by atoms with Crippen LogP contribution in [0, 0.1) is 11.8 Å². The summed E-state index contributed by atoms with van der Waals surface area (Å²) in [5.74, 6) is 1.64. The summed E-state index contributed by atoms with van der Waals surface area (Å²) in [6, 6.07) is 0. The first-order valence-corrected chi connectivity index (χ1v) is 9.21. The van der Waals surface area contributed by atoms with Gasteiger partial charge in [0.1, 0.15) is 0 Å². The fraction of sp³-hybridized carbons (Fsp3) is 0.619. The zero-order valence-electron chi connectivity index (χ0n) is 13.2. The fourth-order valence-electron chi connectivity index (χ4n) is 4.98. The van der Waals surface area contributed by atoms with Gasteiger partial charge >= 0.3 is 0 Å². The van der Waals surface area contributed by atoms with Crippen LogP contribution in [-0.2, 0) is 0 Å². The molecule has 0 heteroatoms. The third-order valence-electron chi connectivity index (χ3n) is 6.16. The molecule has 21 heavy (non-hydrogen) atoms. The average molecular weight is 280 g/mol.